The van der Waals surface area contributed by atoms with Gasteiger partial charge >= 0.3 is 0 Å². The molecule has 2 aromatic rings. The normalized spacial score (nSPS) is 11.5. The van der Waals surface area contributed by atoms with Crippen LogP contribution in [-0.2, 0) is 0 Å². The molecule has 1 aromatic heterocycles. The third-order valence-electron chi connectivity index (χ3n) is 2.16. The number of hydrogen-bond donors (Lipinski definition) is 0. The van der Waals surface area contributed by atoms with E-state index >= 15 is 0 Å². The van der Waals surface area contributed by atoms with Gasteiger partial charge in [0.15, 0.2) is 0 Å². The van der Waals surface area contributed by atoms with Gasteiger partial charge in [-0.2, -0.15) is 0 Å². The van der Waals surface area contributed by atoms with Crippen molar-refractivity contribution in [2.24, 2.45) is 0 Å². The minimum absolute atomic E-state index is 0.944. The molecule has 1 radical (unpaired) electrons. The average molecular weight is 185 g/mol. The highest BCUT2D eigenvalue weighted by Crippen LogP contribution is 2.17. The Balaban J connectivity index is 2.25. The lowest BCUT2D eigenvalue weighted by atomic mass is 10.1. The molecule has 0 saturated heterocycles. The predicted octanol–water partition coefficient (Wildman–Crippen LogP) is 4.06. The van der Waals surface area contributed by atoms with Crippen LogP contribution in [0.4, 0.5) is 0 Å². The maximum absolute atomic E-state index is 5.26. The van der Waals surface area contributed by atoms with E-state index in [0.717, 1.165) is 23.8 Å². The fourth-order valence-corrected chi connectivity index (χ4v) is 1.43. The highest BCUT2D eigenvalue weighted by molar-refractivity contribution is 5.79. The molecule has 0 amide bonds. The maximum atomic E-state index is 5.26. The Bertz CT molecular complexity index is 437. The number of unbranched alkanes of at least 4 members (excludes halogenated alkanes) is 1. The van der Waals surface area contributed by atoms with Crippen molar-refractivity contribution in [1.29, 1.82) is 0 Å². The van der Waals surface area contributed by atoms with Crippen LogP contribution in [0.2, 0.25) is 0 Å². The predicted molar refractivity (Wildman–Crippen MR) is 59.8 cm³/mol. The number of rotatable bonds is 3. The Hall–Kier alpha value is -1.50. The first-order valence-electron chi connectivity index (χ1n) is 4.83. The minimum Gasteiger partial charge on any atom is -0.464 e. The van der Waals surface area contributed by atoms with Crippen molar-refractivity contribution in [3.63, 3.8) is 0 Å². The zero-order chi connectivity index (χ0) is 9.80. The molecule has 1 nitrogen and oxygen atoms in total. The summed E-state index contributed by atoms with van der Waals surface area (Å²) in [7, 11) is 0. The Morgan fingerprint density at radius 1 is 1.29 bits per heavy atom. The molecule has 2 rings (SSSR count). The minimum atomic E-state index is 0.944. The second-order valence-electron chi connectivity index (χ2n) is 3.26. The molecule has 0 atom stereocenters. The van der Waals surface area contributed by atoms with Crippen molar-refractivity contribution in [2.45, 2.75) is 12.8 Å². The lowest BCUT2D eigenvalue weighted by molar-refractivity contribution is 0.616. The molecule has 0 bridgehead atoms. The molecule has 14 heavy (non-hydrogen) atoms. The molecule has 71 valence electrons. The van der Waals surface area contributed by atoms with Crippen molar-refractivity contribution < 1.29 is 4.42 Å². The van der Waals surface area contributed by atoms with Crippen LogP contribution < -0.4 is 0 Å². The van der Waals surface area contributed by atoms with Crippen molar-refractivity contribution >= 4 is 17.0 Å². The number of fused-ring (bicyclic) bond motifs is 1. The maximum Gasteiger partial charge on any atom is 0.133 e. The highest BCUT2D eigenvalue weighted by Gasteiger charge is 1.95. The van der Waals surface area contributed by atoms with E-state index in [1.54, 1.807) is 6.26 Å². The largest absolute Gasteiger partial charge is 0.464 e. The molecule has 1 aromatic carbocycles. The third-order valence-corrected chi connectivity index (χ3v) is 2.16. The van der Waals surface area contributed by atoms with E-state index < -0.39 is 0 Å². The van der Waals surface area contributed by atoms with E-state index in [4.69, 9.17) is 4.42 Å². The summed E-state index contributed by atoms with van der Waals surface area (Å²) in [6.07, 6.45) is 7.97. The van der Waals surface area contributed by atoms with Gasteiger partial charge in [-0.25, -0.2) is 0 Å². The molecule has 0 unspecified atom stereocenters. The van der Waals surface area contributed by atoms with Crippen LogP contribution in [0.5, 0.6) is 0 Å². The van der Waals surface area contributed by atoms with Crippen molar-refractivity contribution in [2.75, 3.05) is 0 Å². The van der Waals surface area contributed by atoms with Gasteiger partial charge in [0.25, 0.3) is 0 Å². The van der Waals surface area contributed by atoms with E-state index in [2.05, 4.69) is 31.2 Å². The number of allylic oxidation sites excluding steroid dienone is 1. The topological polar surface area (TPSA) is 13.1 Å². The molecule has 0 N–H and O–H groups in total. The summed E-state index contributed by atoms with van der Waals surface area (Å²) >= 11 is 0. The van der Waals surface area contributed by atoms with Crippen LogP contribution in [-0.4, -0.2) is 0 Å². The van der Waals surface area contributed by atoms with Gasteiger partial charge in [0.1, 0.15) is 5.58 Å². The van der Waals surface area contributed by atoms with Crippen LogP contribution in [0.3, 0.4) is 0 Å². The molecule has 0 aliphatic carbocycles. The first kappa shape index (κ1) is 9.07. The zero-order valence-electron chi connectivity index (χ0n) is 8.07. The van der Waals surface area contributed by atoms with E-state index in [1.807, 2.05) is 12.1 Å². The second kappa shape index (κ2) is 4.14. The molecule has 0 fully saturated rings. The number of hydrogen-bond acceptors (Lipinski definition) is 1. The zero-order valence-corrected chi connectivity index (χ0v) is 8.07. The van der Waals surface area contributed by atoms with Gasteiger partial charge in [0, 0.05) is 5.39 Å². The monoisotopic (exact) mass is 185 g/mol. The van der Waals surface area contributed by atoms with Gasteiger partial charge in [-0.1, -0.05) is 25.1 Å². The Morgan fingerprint density at radius 3 is 3.07 bits per heavy atom. The fourth-order valence-electron chi connectivity index (χ4n) is 1.43. The number of benzene rings is 1. The highest BCUT2D eigenvalue weighted by atomic mass is 16.3. The molecule has 1 heterocycles. The van der Waals surface area contributed by atoms with Crippen LogP contribution >= 0.6 is 0 Å². The fraction of sp³-hybridized carbons (Fsp3) is 0.154. The van der Waals surface area contributed by atoms with Crippen LogP contribution in [0.1, 0.15) is 18.4 Å². The summed E-state index contributed by atoms with van der Waals surface area (Å²) in [6.45, 7) is 3.79. The Morgan fingerprint density at radius 2 is 2.21 bits per heavy atom. The Labute approximate surface area is 84.0 Å². The smallest absolute Gasteiger partial charge is 0.133 e. The number of furan rings is 1. The van der Waals surface area contributed by atoms with E-state index in [-0.39, 0.29) is 0 Å². The second-order valence-corrected chi connectivity index (χ2v) is 3.26. The lowest BCUT2D eigenvalue weighted by Crippen LogP contribution is -1.71. The quantitative estimate of drug-likeness (QED) is 0.702. The van der Waals surface area contributed by atoms with Crippen LogP contribution in [0.15, 0.2) is 41.0 Å². The lowest BCUT2D eigenvalue weighted by Gasteiger charge is -1.93. The summed E-state index contributed by atoms with van der Waals surface area (Å²) in [5, 5.41) is 1.15. The average Bonchev–Trinajstić information content (AvgIpc) is 2.65. The van der Waals surface area contributed by atoms with E-state index in [0.29, 0.717) is 0 Å². The van der Waals surface area contributed by atoms with Crippen LogP contribution in [0, 0.1) is 6.92 Å². The molecule has 1 heteroatoms. The first-order chi connectivity index (χ1) is 6.90. The standard InChI is InChI=1S/C13H13O/c1-2-3-4-5-11-6-7-13-12(10-11)8-9-14-13/h4-10H,1-3H2. The van der Waals surface area contributed by atoms with Gasteiger partial charge in [-0.05, 0) is 36.6 Å². The van der Waals surface area contributed by atoms with Gasteiger partial charge in [-0.15, -0.1) is 0 Å². The van der Waals surface area contributed by atoms with Crippen LogP contribution in [0.25, 0.3) is 17.0 Å². The van der Waals surface area contributed by atoms with Gasteiger partial charge in [0.05, 0.1) is 6.26 Å². The van der Waals surface area contributed by atoms with Crippen molar-refractivity contribution in [1.82, 2.24) is 0 Å². The third kappa shape index (κ3) is 1.87. The molecular formula is C13H13O. The SMILES string of the molecule is [CH2]CCC=Cc1ccc2occc2c1. The molecule has 0 spiro atoms. The summed E-state index contributed by atoms with van der Waals surface area (Å²) in [4.78, 5) is 0. The van der Waals surface area contributed by atoms with E-state index in [9.17, 15) is 0 Å². The summed E-state index contributed by atoms with van der Waals surface area (Å²) < 4.78 is 5.26. The summed E-state index contributed by atoms with van der Waals surface area (Å²) in [6, 6.07) is 8.16. The molecule has 0 aliphatic rings. The van der Waals surface area contributed by atoms with Gasteiger partial charge in [0.2, 0.25) is 0 Å². The molecular weight excluding hydrogens is 172 g/mol. The van der Waals surface area contributed by atoms with Gasteiger partial charge < -0.3 is 4.42 Å². The summed E-state index contributed by atoms with van der Waals surface area (Å²) in [5.41, 5.74) is 2.16. The van der Waals surface area contributed by atoms with Gasteiger partial charge in [-0.3, -0.25) is 0 Å². The molecule has 0 saturated carbocycles. The Kier molecular flexibility index (Phi) is 2.68. The van der Waals surface area contributed by atoms with E-state index in [1.165, 1.54) is 5.56 Å². The summed E-state index contributed by atoms with van der Waals surface area (Å²) in [5.74, 6) is 0. The molecule has 0 aliphatic heterocycles. The first-order valence-corrected chi connectivity index (χ1v) is 4.83. The van der Waals surface area contributed by atoms with Crippen molar-refractivity contribution in [3.05, 3.63) is 49.1 Å². The van der Waals surface area contributed by atoms with Crippen molar-refractivity contribution in [3.8, 4) is 0 Å².